The molecule has 1 aromatic carbocycles. The first kappa shape index (κ1) is 17.4. The van der Waals surface area contributed by atoms with Crippen LogP contribution in [0.4, 0.5) is 4.39 Å². The number of aromatic nitrogens is 4. The van der Waals surface area contributed by atoms with Crippen LogP contribution < -0.4 is 4.74 Å². The number of hydrogen-bond donors (Lipinski definition) is 0. The van der Waals surface area contributed by atoms with E-state index in [-0.39, 0.29) is 29.4 Å². The average Bonchev–Trinajstić information content (AvgIpc) is 3.08. The Balaban J connectivity index is 1.46. The quantitative estimate of drug-likeness (QED) is 0.709. The van der Waals surface area contributed by atoms with Gasteiger partial charge in [-0.25, -0.2) is 9.37 Å². The molecule has 0 spiro atoms. The van der Waals surface area contributed by atoms with Gasteiger partial charge in [0.1, 0.15) is 6.10 Å². The van der Waals surface area contributed by atoms with Gasteiger partial charge in [-0.3, -0.25) is 9.20 Å². The molecule has 0 radical (unpaired) electrons. The van der Waals surface area contributed by atoms with Gasteiger partial charge < -0.3 is 9.64 Å². The van der Waals surface area contributed by atoms with E-state index in [4.69, 9.17) is 4.74 Å². The fourth-order valence-electron chi connectivity index (χ4n) is 3.41. The number of fused-ring (bicyclic) bond motifs is 1. The van der Waals surface area contributed by atoms with E-state index in [9.17, 15) is 9.18 Å². The van der Waals surface area contributed by atoms with Crippen molar-refractivity contribution in [1.29, 1.82) is 0 Å². The van der Waals surface area contributed by atoms with Crippen LogP contribution >= 0.6 is 0 Å². The van der Waals surface area contributed by atoms with Crippen molar-refractivity contribution in [3.63, 3.8) is 0 Å². The van der Waals surface area contributed by atoms with Crippen LogP contribution in [0.25, 0.3) is 5.78 Å². The van der Waals surface area contributed by atoms with Crippen molar-refractivity contribution in [3.8, 4) is 5.75 Å². The second-order valence-electron chi connectivity index (χ2n) is 6.74. The van der Waals surface area contributed by atoms with E-state index < -0.39 is 0 Å². The monoisotopic (exact) mass is 369 g/mol. The van der Waals surface area contributed by atoms with E-state index in [1.54, 1.807) is 27.5 Å². The van der Waals surface area contributed by atoms with Crippen molar-refractivity contribution in [3.05, 3.63) is 53.4 Å². The highest BCUT2D eigenvalue weighted by molar-refractivity contribution is 5.91. The van der Waals surface area contributed by atoms with Crippen LogP contribution in [0.2, 0.25) is 0 Å². The zero-order chi connectivity index (χ0) is 19.0. The minimum atomic E-state index is -0.371. The maximum absolute atomic E-state index is 13.7. The van der Waals surface area contributed by atoms with Crippen LogP contribution in [0.1, 0.15) is 34.8 Å². The SMILES string of the molecule is Cc1cc(C)n2c(C(=O)N3CCC(Oc4ccccc4F)CC3)nnc2n1. The lowest BCUT2D eigenvalue weighted by molar-refractivity contribution is 0.0576. The van der Waals surface area contributed by atoms with Gasteiger partial charge in [0.2, 0.25) is 5.82 Å². The normalized spacial score (nSPS) is 15.3. The first-order valence-corrected chi connectivity index (χ1v) is 8.93. The van der Waals surface area contributed by atoms with Gasteiger partial charge in [0.25, 0.3) is 11.7 Å². The van der Waals surface area contributed by atoms with E-state index in [0.29, 0.717) is 31.7 Å². The second kappa shape index (κ2) is 6.94. The summed E-state index contributed by atoms with van der Waals surface area (Å²) >= 11 is 0. The molecule has 1 aliphatic heterocycles. The lowest BCUT2D eigenvalue weighted by atomic mass is 10.1. The van der Waals surface area contributed by atoms with E-state index in [1.165, 1.54) is 6.07 Å². The number of carbonyl (C=O) groups is 1. The van der Waals surface area contributed by atoms with Gasteiger partial charge in [0, 0.05) is 37.3 Å². The molecule has 7 nitrogen and oxygen atoms in total. The minimum Gasteiger partial charge on any atom is -0.487 e. The van der Waals surface area contributed by atoms with Crippen molar-refractivity contribution in [2.24, 2.45) is 0 Å². The first-order valence-electron chi connectivity index (χ1n) is 8.93. The van der Waals surface area contributed by atoms with E-state index in [2.05, 4.69) is 15.2 Å². The number of carbonyl (C=O) groups excluding carboxylic acids is 1. The Labute approximate surface area is 155 Å². The number of likely N-dealkylation sites (tertiary alicyclic amines) is 1. The molecule has 0 aliphatic carbocycles. The summed E-state index contributed by atoms with van der Waals surface area (Å²) in [4.78, 5) is 19.0. The predicted molar refractivity (Wildman–Crippen MR) is 96.2 cm³/mol. The Bertz CT molecular complexity index is 995. The Morgan fingerprint density at radius 3 is 2.67 bits per heavy atom. The number of para-hydroxylation sites is 1. The molecule has 1 aliphatic rings. The number of aryl methyl sites for hydroxylation is 2. The lowest BCUT2D eigenvalue weighted by Crippen LogP contribution is -2.42. The highest BCUT2D eigenvalue weighted by Crippen LogP contribution is 2.22. The summed E-state index contributed by atoms with van der Waals surface area (Å²) in [5.74, 6) is 0.393. The Morgan fingerprint density at radius 2 is 1.93 bits per heavy atom. The van der Waals surface area contributed by atoms with Crippen molar-refractivity contribution in [2.75, 3.05) is 13.1 Å². The molecule has 3 aromatic rings. The molecule has 0 atom stereocenters. The van der Waals surface area contributed by atoms with Crippen molar-refractivity contribution >= 4 is 11.7 Å². The van der Waals surface area contributed by atoms with E-state index in [0.717, 1.165) is 11.4 Å². The number of hydrogen-bond acceptors (Lipinski definition) is 5. The van der Waals surface area contributed by atoms with Crippen LogP contribution in [0, 0.1) is 19.7 Å². The second-order valence-corrected chi connectivity index (χ2v) is 6.74. The number of piperidine rings is 1. The van der Waals surface area contributed by atoms with Crippen LogP contribution in [0.5, 0.6) is 5.75 Å². The van der Waals surface area contributed by atoms with Gasteiger partial charge in [-0.15, -0.1) is 10.2 Å². The topological polar surface area (TPSA) is 72.6 Å². The van der Waals surface area contributed by atoms with Gasteiger partial charge in [-0.05, 0) is 32.0 Å². The van der Waals surface area contributed by atoms with Crippen LogP contribution in [0.3, 0.4) is 0 Å². The molecule has 0 bridgehead atoms. The molecule has 0 N–H and O–H groups in total. The first-order chi connectivity index (χ1) is 13.0. The fraction of sp³-hybridized carbons (Fsp3) is 0.368. The summed E-state index contributed by atoms with van der Waals surface area (Å²) < 4.78 is 21.2. The number of ether oxygens (including phenoxy) is 1. The molecule has 3 heterocycles. The summed E-state index contributed by atoms with van der Waals surface area (Å²) in [6.07, 6.45) is 1.15. The van der Waals surface area contributed by atoms with Crippen molar-refractivity contribution < 1.29 is 13.9 Å². The molecule has 140 valence electrons. The molecule has 2 aromatic heterocycles. The van der Waals surface area contributed by atoms with Crippen molar-refractivity contribution in [1.82, 2.24) is 24.5 Å². The van der Waals surface area contributed by atoms with Gasteiger partial charge in [0.15, 0.2) is 11.6 Å². The average molecular weight is 369 g/mol. The molecular formula is C19H20FN5O2. The molecule has 0 saturated carbocycles. The molecule has 0 unspecified atom stereocenters. The Hall–Kier alpha value is -3.03. The summed E-state index contributed by atoms with van der Waals surface area (Å²) in [5.41, 5.74) is 1.70. The molecule has 1 fully saturated rings. The third kappa shape index (κ3) is 3.34. The van der Waals surface area contributed by atoms with Gasteiger partial charge in [0.05, 0.1) is 0 Å². The molecule has 27 heavy (non-hydrogen) atoms. The number of nitrogens with zero attached hydrogens (tertiary/aromatic N) is 5. The summed E-state index contributed by atoms with van der Waals surface area (Å²) in [5, 5.41) is 8.07. The lowest BCUT2D eigenvalue weighted by Gasteiger charge is -2.31. The smallest absolute Gasteiger partial charge is 0.292 e. The number of amides is 1. The molecule has 8 heteroatoms. The number of rotatable bonds is 3. The van der Waals surface area contributed by atoms with E-state index >= 15 is 0 Å². The standard InChI is InChI=1S/C19H20FN5O2/c1-12-11-13(2)25-17(22-23-19(25)21-12)18(26)24-9-7-14(8-10-24)27-16-6-4-3-5-15(16)20/h3-6,11,14H,7-10H2,1-2H3. The van der Waals surface area contributed by atoms with Crippen molar-refractivity contribution in [2.45, 2.75) is 32.8 Å². The zero-order valence-electron chi connectivity index (χ0n) is 15.2. The van der Waals surface area contributed by atoms with Crippen LogP contribution in [0.15, 0.2) is 30.3 Å². The Morgan fingerprint density at radius 1 is 1.19 bits per heavy atom. The maximum Gasteiger partial charge on any atom is 0.292 e. The number of benzene rings is 1. The summed E-state index contributed by atoms with van der Waals surface area (Å²) in [7, 11) is 0. The van der Waals surface area contributed by atoms with Gasteiger partial charge in [-0.1, -0.05) is 12.1 Å². The zero-order valence-corrected chi connectivity index (χ0v) is 15.2. The maximum atomic E-state index is 13.7. The van der Waals surface area contributed by atoms with Crippen LogP contribution in [-0.2, 0) is 0 Å². The fourth-order valence-corrected chi connectivity index (χ4v) is 3.41. The largest absolute Gasteiger partial charge is 0.487 e. The van der Waals surface area contributed by atoms with E-state index in [1.807, 2.05) is 19.9 Å². The minimum absolute atomic E-state index is 0.118. The molecule has 4 rings (SSSR count). The van der Waals surface area contributed by atoms with Gasteiger partial charge in [-0.2, -0.15) is 0 Å². The third-order valence-corrected chi connectivity index (χ3v) is 4.74. The molecule has 1 saturated heterocycles. The predicted octanol–water partition coefficient (Wildman–Crippen LogP) is 2.56. The van der Waals surface area contributed by atoms with Gasteiger partial charge >= 0.3 is 0 Å². The highest BCUT2D eigenvalue weighted by Gasteiger charge is 2.28. The van der Waals surface area contributed by atoms with Crippen LogP contribution in [-0.4, -0.2) is 49.6 Å². The Kier molecular flexibility index (Phi) is 4.47. The summed E-state index contributed by atoms with van der Waals surface area (Å²) in [6, 6.07) is 8.26. The molecular weight excluding hydrogens is 349 g/mol. The summed E-state index contributed by atoms with van der Waals surface area (Å²) in [6.45, 7) is 4.82. The highest BCUT2D eigenvalue weighted by atomic mass is 19.1. The number of halogens is 1. The molecule has 1 amide bonds. The third-order valence-electron chi connectivity index (χ3n) is 4.74.